The van der Waals surface area contributed by atoms with E-state index >= 15 is 0 Å². The van der Waals surface area contributed by atoms with Gasteiger partial charge in [0.25, 0.3) is 0 Å². The van der Waals surface area contributed by atoms with Crippen molar-refractivity contribution in [3.8, 4) is 0 Å². The molecule has 0 bridgehead atoms. The number of fused-ring (bicyclic) bond motifs is 1. The molecule has 0 heteroatoms. The Kier molecular flexibility index (Phi) is 0.272. The lowest BCUT2D eigenvalue weighted by Gasteiger charge is -1.91. The molecule has 6 heavy (non-hydrogen) atoms. The van der Waals surface area contributed by atoms with Crippen LogP contribution in [0, 0.1) is 24.7 Å². The average molecular weight is 78.1 g/mol. The van der Waals surface area contributed by atoms with Crippen LogP contribution in [0.5, 0.6) is 0 Å². The molecule has 0 aromatic rings. The summed E-state index contributed by atoms with van der Waals surface area (Å²) < 4.78 is 0. The molecular formula is C6H6. The number of rotatable bonds is 0. The standard InChI is InChI=1S/C6H6/c1-4-5-2-3-6(4)5/h1-6H. The molecule has 0 aliphatic heterocycles. The van der Waals surface area contributed by atoms with Gasteiger partial charge in [0.2, 0.25) is 0 Å². The Balaban J connectivity index is 2.26. The van der Waals surface area contributed by atoms with Crippen LogP contribution >= 0.6 is 0 Å². The zero-order valence-corrected chi connectivity index (χ0v) is 3.46. The van der Waals surface area contributed by atoms with Gasteiger partial charge in [-0.3, -0.25) is 0 Å². The lowest BCUT2D eigenvalue weighted by atomic mass is 10.1. The quantitative estimate of drug-likeness (QED) is 0.381. The van der Waals surface area contributed by atoms with Gasteiger partial charge < -0.3 is 0 Å². The first kappa shape index (κ1) is 2.84. The Hall–Kier alpha value is -0.260. The highest BCUT2D eigenvalue weighted by atomic mass is 14.5. The van der Waals surface area contributed by atoms with Crippen LogP contribution in [0.4, 0.5) is 0 Å². The molecule has 0 heterocycles. The minimum absolute atomic E-state index is 0.519. The van der Waals surface area contributed by atoms with Gasteiger partial charge in [0.15, 0.2) is 0 Å². The molecule has 2 atom stereocenters. The van der Waals surface area contributed by atoms with Crippen LogP contribution in [-0.4, -0.2) is 0 Å². The second kappa shape index (κ2) is 0.575. The molecular weight excluding hydrogens is 72.1 g/mol. The first-order chi connectivity index (χ1) is 2.89. The molecule has 0 aromatic heterocycles. The van der Waals surface area contributed by atoms with Crippen LogP contribution in [0.15, 0.2) is 12.2 Å². The first-order valence-electron chi connectivity index (χ1n) is 2.33. The largest absolute Gasteiger partial charge is 0.0842 e. The second-order valence-electron chi connectivity index (χ2n) is 2.12. The maximum absolute atomic E-state index is 5.51. The van der Waals surface area contributed by atoms with E-state index in [9.17, 15) is 0 Å². The summed E-state index contributed by atoms with van der Waals surface area (Å²) >= 11 is 0. The maximum atomic E-state index is 5.51. The van der Waals surface area contributed by atoms with Gasteiger partial charge in [-0.2, -0.15) is 0 Å². The fraction of sp³-hybridized carbons (Fsp3) is 0.500. The molecule has 0 aromatic carbocycles. The topological polar surface area (TPSA) is 0 Å². The molecule has 2 radical (unpaired) electrons. The van der Waals surface area contributed by atoms with Crippen LogP contribution in [0.3, 0.4) is 0 Å². The molecule has 2 rings (SSSR count). The summed E-state index contributed by atoms with van der Waals surface area (Å²) in [6.45, 7) is 5.51. The predicted molar refractivity (Wildman–Crippen MR) is 23.9 cm³/mol. The van der Waals surface area contributed by atoms with E-state index in [1.54, 1.807) is 0 Å². The third-order valence-corrected chi connectivity index (χ3v) is 1.75. The molecule has 0 N–H and O–H groups in total. The molecule has 2 aliphatic rings. The summed E-state index contributed by atoms with van der Waals surface area (Å²) in [6.07, 6.45) is 4.38. The third kappa shape index (κ3) is 0.129. The molecule has 2 aliphatic carbocycles. The summed E-state index contributed by atoms with van der Waals surface area (Å²) in [5.74, 6) is 2.11. The first-order valence-corrected chi connectivity index (χ1v) is 2.33. The van der Waals surface area contributed by atoms with Crippen molar-refractivity contribution < 1.29 is 0 Å². The minimum Gasteiger partial charge on any atom is -0.0842 e. The lowest BCUT2D eigenvalue weighted by Crippen LogP contribution is -1.80. The van der Waals surface area contributed by atoms with E-state index < -0.39 is 0 Å². The zero-order chi connectivity index (χ0) is 4.15. The van der Waals surface area contributed by atoms with Crippen LogP contribution in [0.2, 0.25) is 0 Å². The van der Waals surface area contributed by atoms with E-state index in [1.165, 1.54) is 0 Å². The van der Waals surface area contributed by atoms with E-state index in [-0.39, 0.29) is 0 Å². The van der Waals surface area contributed by atoms with E-state index in [1.807, 2.05) is 0 Å². The monoisotopic (exact) mass is 78.0 g/mol. The van der Waals surface area contributed by atoms with E-state index in [0.29, 0.717) is 5.92 Å². The fourth-order valence-corrected chi connectivity index (χ4v) is 1.01. The molecule has 2 unspecified atom stereocenters. The smallest absolute Gasteiger partial charge is 0.0130 e. The highest BCUT2D eigenvalue weighted by molar-refractivity contribution is 5.26. The lowest BCUT2D eigenvalue weighted by molar-refractivity contribution is 0.907. The van der Waals surface area contributed by atoms with Gasteiger partial charge in [-0.05, 0) is 24.7 Å². The summed E-state index contributed by atoms with van der Waals surface area (Å²) in [6, 6.07) is 0. The highest BCUT2D eigenvalue weighted by Crippen LogP contribution is 2.54. The SMILES string of the molecule is [CH]C1C2C=CC12. The molecule has 0 nitrogen and oxygen atoms in total. The predicted octanol–water partition coefficient (Wildman–Crippen LogP) is 1.13. The number of hydrogen-bond donors (Lipinski definition) is 0. The molecule has 1 fully saturated rings. The van der Waals surface area contributed by atoms with Gasteiger partial charge >= 0.3 is 0 Å². The molecule has 0 amide bonds. The number of allylic oxidation sites excluding steroid dienone is 2. The van der Waals surface area contributed by atoms with Crippen molar-refractivity contribution >= 4 is 0 Å². The second-order valence-corrected chi connectivity index (χ2v) is 2.12. The normalized spacial score (nSPS) is 59.8. The van der Waals surface area contributed by atoms with Crippen molar-refractivity contribution in [3.63, 3.8) is 0 Å². The van der Waals surface area contributed by atoms with E-state index in [4.69, 9.17) is 6.92 Å². The average Bonchev–Trinajstić information content (AvgIpc) is 1.63. The maximum Gasteiger partial charge on any atom is -0.0130 e. The van der Waals surface area contributed by atoms with Crippen LogP contribution in [0.1, 0.15) is 0 Å². The van der Waals surface area contributed by atoms with Gasteiger partial charge in [0.05, 0.1) is 0 Å². The molecule has 0 saturated heterocycles. The summed E-state index contributed by atoms with van der Waals surface area (Å²) in [5, 5.41) is 0. The van der Waals surface area contributed by atoms with Crippen molar-refractivity contribution in [3.05, 3.63) is 19.1 Å². The Bertz CT molecular complexity index is 90.6. The minimum atomic E-state index is 0.519. The Morgan fingerprint density at radius 2 is 1.67 bits per heavy atom. The highest BCUT2D eigenvalue weighted by Gasteiger charge is 2.48. The summed E-state index contributed by atoms with van der Waals surface area (Å²) in [7, 11) is 0. The van der Waals surface area contributed by atoms with Gasteiger partial charge in [-0.1, -0.05) is 12.2 Å². The van der Waals surface area contributed by atoms with Crippen molar-refractivity contribution in [1.29, 1.82) is 0 Å². The van der Waals surface area contributed by atoms with Crippen molar-refractivity contribution in [2.45, 2.75) is 0 Å². The van der Waals surface area contributed by atoms with Crippen molar-refractivity contribution in [2.24, 2.45) is 17.8 Å². The van der Waals surface area contributed by atoms with E-state index in [0.717, 1.165) is 11.8 Å². The molecule has 0 spiro atoms. The van der Waals surface area contributed by atoms with Crippen LogP contribution in [0.25, 0.3) is 0 Å². The summed E-state index contributed by atoms with van der Waals surface area (Å²) in [5.41, 5.74) is 0. The third-order valence-electron chi connectivity index (χ3n) is 1.75. The van der Waals surface area contributed by atoms with Crippen molar-refractivity contribution in [2.75, 3.05) is 0 Å². The van der Waals surface area contributed by atoms with E-state index in [2.05, 4.69) is 12.2 Å². The van der Waals surface area contributed by atoms with Gasteiger partial charge in [0.1, 0.15) is 0 Å². The Labute approximate surface area is 37.9 Å². The fourth-order valence-electron chi connectivity index (χ4n) is 1.01. The van der Waals surface area contributed by atoms with Gasteiger partial charge in [0, 0.05) is 0 Å². The van der Waals surface area contributed by atoms with Crippen LogP contribution < -0.4 is 0 Å². The molecule has 1 saturated carbocycles. The van der Waals surface area contributed by atoms with Crippen molar-refractivity contribution in [1.82, 2.24) is 0 Å². The van der Waals surface area contributed by atoms with Gasteiger partial charge in [-0.15, -0.1) is 0 Å². The van der Waals surface area contributed by atoms with Gasteiger partial charge in [-0.25, -0.2) is 0 Å². The Morgan fingerprint density at radius 1 is 1.17 bits per heavy atom. The Morgan fingerprint density at radius 3 is 1.67 bits per heavy atom. The van der Waals surface area contributed by atoms with Crippen LogP contribution in [-0.2, 0) is 0 Å². The molecule has 30 valence electrons. The zero-order valence-electron chi connectivity index (χ0n) is 3.46. The summed E-state index contributed by atoms with van der Waals surface area (Å²) in [4.78, 5) is 0. The number of hydrogen-bond acceptors (Lipinski definition) is 0.